The summed E-state index contributed by atoms with van der Waals surface area (Å²) in [5, 5.41) is 6.55. The topological polar surface area (TPSA) is 78.5 Å². The van der Waals surface area contributed by atoms with E-state index < -0.39 is 23.4 Å². The third-order valence-corrected chi connectivity index (χ3v) is 5.59. The lowest BCUT2D eigenvalue weighted by Gasteiger charge is -2.25. The zero-order valence-electron chi connectivity index (χ0n) is 15.9. The van der Waals surface area contributed by atoms with Gasteiger partial charge in [0.15, 0.2) is 0 Å². The summed E-state index contributed by atoms with van der Waals surface area (Å²) in [5.41, 5.74) is 0.400. The van der Waals surface area contributed by atoms with E-state index in [0.717, 1.165) is 10.5 Å². The van der Waals surface area contributed by atoms with Crippen molar-refractivity contribution in [1.82, 2.24) is 15.5 Å². The largest absolute Gasteiger partial charge is 0.354 e. The SMILES string of the molecule is CC[C@@]1(c2ccccc2)NC(=O)N(CC(=O)NCCc2ccc(Cl)cc2Cl)C1=O. The predicted octanol–water partition coefficient (Wildman–Crippen LogP) is 3.51. The molecule has 2 N–H and O–H groups in total. The summed E-state index contributed by atoms with van der Waals surface area (Å²) in [5.74, 6) is -0.842. The van der Waals surface area contributed by atoms with Crippen LogP contribution in [0.5, 0.6) is 0 Å². The van der Waals surface area contributed by atoms with Gasteiger partial charge in [0.05, 0.1) is 0 Å². The molecule has 0 aromatic heterocycles. The van der Waals surface area contributed by atoms with E-state index in [9.17, 15) is 14.4 Å². The highest BCUT2D eigenvalue weighted by molar-refractivity contribution is 6.35. The van der Waals surface area contributed by atoms with Crippen molar-refractivity contribution in [3.63, 3.8) is 0 Å². The van der Waals surface area contributed by atoms with E-state index in [-0.39, 0.29) is 6.54 Å². The summed E-state index contributed by atoms with van der Waals surface area (Å²) >= 11 is 12.0. The van der Waals surface area contributed by atoms with Crippen molar-refractivity contribution in [2.45, 2.75) is 25.3 Å². The highest BCUT2D eigenvalue weighted by Crippen LogP contribution is 2.32. The smallest absolute Gasteiger partial charge is 0.325 e. The number of nitrogens with one attached hydrogen (secondary N) is 2. The van der Waals surface area contributed by atoms with Gasteiger partial charge in [0.1, 0.15) is 12.1 Å². The molecule has 1 atom stereocenters. The molecular formula is C21H21Cl2N3O3. The van der Waals surface area contributed by atoms with Crippen LogP contribution in [0.3, 0.4) is 0 Å². The monoisotopic (exact) mass is 433 g/mol. The Morgan fingerprint density at radius 3 is 2.52 bits per heavy atom. The van der Waals surface area contributed by atoms with Crippen LogP contribution in [0.2, 0.25) is 10.0 Å². The van der Waals surface area contributed by atoms with E-state index in [1.54, 1.807) is 30.3 Å². The molecule has 1 fully saturated rings. The number of amides is 4. The van der Waals surface area contributed by atoms with Crippen molar-refractivity contribution in [2.75, 3.05) is 13.1 Å². The molecule has 1 heterocycles. The van der Waals surface area contributed by atoms with Crippen molar-refractivity contribution in [1.29, 1.82) is 0 Å². The predicted molar refractivity (Wildman–Crippen MR) is 112 cm³/mol. The fourth-order valence-corrected chi connectivity index (χ4v) is 3.90. The van der Waals surface area contributed by atoms with Gasteiger partial charge in [0.25, 0.3) is 5.91 Å². The lowest BCUT2D eigenvalue weighted by atomic mass is 9.87. The summed E-state index contributed by atoms with van der Waals surface area (Å²) in [6.45, 7) is 1.81. The van der Waals surface area contributed by atoms with Crippen LogP contribution in [-0.2, 0) is 21.5 Å². The molecule has 3 rings (SSSR count). The van der Waals surface area contributed by atoms with Gasteiger partial charge in [-0.1, -0.05) is 66.5 Å². The van der Waals surface area contributed by atoms with Crippen LogP contribution in [0.25, 0.3) is 0 Å². The summed E-state index contributed by atoms with van der Waals surface area (Å²) in [7, 11) is 0. The molecule has 8 heteroatoms. The Balaban J connectivity index is 1.61. The number of urea groups is 1. The quantitative estimate of drug-likeness (QED) is 0.655. The van der Waals surface area contributed by atoms with Gasteiger partial charge >= 0.3 is 6.03 Å². The molecular weight excluding hydrogens is 413 g/mol. The fraction of sp³-hybridized carbons (Fsp3) is 0.286. The first kappa shape index (κ1) is 21.1. The normalized spacial score (nSPS) is 18.7. The minimum Gasteiger partial charge on any atom is -0.354 e. The minimum atomic E-state index is -1.14. The summed E-state index contributed by atoms with van der Waals surface area (Å²) < 4.78 is 0. The van der Waals surface area contributed by atoms with E-state index >= 15 is 0 Å². The zero-order chi connectivity index (χ0) is 21.0. The van der Waals surface area contributed by atoms with Gasteiger partial charge in [-0.05, 0) is 36.1 Å². The second-order valence-electron chi connectivity index (χ2n) is 6.78. The first-order chi connectivity index (χ1) is 13.9. The molecule has 0 unspecified atom stereocenters. The molecule has 0 bridgehead atoms. The number of nitrogens with zero attached hydrogens (tertiary/aromatic N) is 1. The van der Waals surface area contributed by atoms with Crippen molar-refractivity contribution in [2.24, 2.45) is 0 Å². The third kappa shape index (κ3) is 4.38. The van der Waals surface area contributed by atoms with Gasteiger partial charge in [-0.2, -0.15) is 0 Å². The molecule has 1 aliphatic rings. The molecule has 0 saturated carbocycles. The maximum atomic E-state index is 13.0. The molecule has 29 heavy (non-hydrogen) atoms. The number of benzene rings is 2. The number of hydrogen-bond acceptors (Lipinski definition) is 3. The van der Waals surface area contributed by atoms with Crippen LogP contribution in [0.15, 0.2) is 48.5 Å². The molecule has 0 radical (unpaired) electrons. The minimum absolute atomic E-state index is 0.321. The molecule has 152 valence electrons. The standard InChI is InChI=1S/C21H21Cl2N3O3/c1-2-21(15-6-4-3-5-7-15)19(28)26(20(29)25-21)13-18(27)24-11-10-14-8-9-16(22)12-17(14)23/h3-9,12H,2,10-11,13H2,1H3,(H,24,27)(H,25,29)/t21-/m0/s1. The molecule has 1 aliphatic heterocycles. The molecule has 4 amide bonds. The van der Waals surface area contributed by atoms with E-state index in [4.69, 9.17) is 23.2 Å². The van der Waals surface area contributed by atoms with Crippen molar-refractivity contribution in [3.05, 3.63) is 69.7 Å². The number of halogens is 2. The van der Waals surface area contributed by atoms with Gasteiger partial charge in [0, 0.05) is 16.6 Å². The van der Waals surface area contributed by atoms with Crippen LogP contribution in [0, 0.1) is 0 Å². The first-order valence-corrected chi connectivity index (χ1v) is 10.0. The number of carbonyl (C=O) groups excluding carboxylic acids is 3. The molecule has 0 spiro atoms. The number of hydrogen-bond donors (Lipinski definition) is 2. The van der Waals surface area contributed by atoms with E-state index in [2.05, 4.69) is 10.6 Å². The van der Waals surface area contributed by atoms with Crippen molar-refractivity contribution in [3.8, 4) is 0 Å². The van der Waals surface area contributed by atoms with Crippen LogP contribution in [0.1, 0.15) is 24.5 Å². The highest BCUT2D eigenvalue weighted by Gasteiger charge is 2.51. The fourth-order valence-electron chi connectivity index (χ4n) is 3.39. The average molecular weight is 434 g/mol. The zero-order valence-corrected chi connectivity index (χ0v) is 17.4. The van der Waals surface area contributed by atoms with Gasteiger partial charge in [-0.25, -0.2) is 4.79 Å². The third-order valence-electron chi connectivity index (χ3n) is 5.01. The Kier molecular flexibility index (Phi) is 6.45. The summed E-state index contributed by atoms with van der Waals surface area (Å²) in [6.07, 6.45) is 0.888. The second kappa shape index (κ2) is 8.84. The molecule has 2 aromatic carbocycles. The Bertz CT molecular complexity index is 936. The van der Waals surface area contributed by atoms with E-state index in [0.29, 0.717) is 35.0 Å². The number of rotatable bonds is 7. The molecule has 2 aromatic rings. The Labute approximate surface area is 179 Å². The molecule has 0 aliphatic carbocycles. The number of imide groups is 1. The molecule has 1 saturated heterocycles. The van der Waals surface area contributed by atoms with Gasteiger partial charge in [-0.15, -0.1) is 0 Å². The van der Waals surface area contributed by atoms with Crippen LogP contribution < -0.4 is 10.6 Å². The Hall–Kier alpha value is -2.57. The van der Waals surface area contributed by atoms with E-state index in [1.165, 1.54) is 0 Å². The Morgan fingerprint density at radius 1 is 1.14 bits per heavy atom. The average Bonchev–Trinajstić information content (AvgIpc) is 2.95. The first-order valence-electron chi connectivity index (χ1n) is 9.27. The summed E-state index contributed by atoms with van der Waals surface area (Å²) in [6, 6.07) is 13.6. The molecule has 6 nitrogen and oxygen atoms in total. The van der Waals surface area contributed by atoms with Crippen molar-refractivity contribution >= 4 is 41.0 Å². The second-order valence-corrected chi connectivity index (χ2v) is 7.63. The Morgan fingerprint density at radius 2 is 1.86 bits per heavy atom. The highest BCUT2D eigenvalue weighted by atomic mass is 35.5. The lowest BCUT2D eigenvalue weighted by Crippen LogP contribution is -2.45. The van der Waals surface area contributed by atoms with Gasteiger partial charge in [-0.3, -0.25) is 14.5 Å². The van der Waals surface area contributed by atoms with Crippen LogP contribution in [0.4, 0.5) is 4.79 Å². The van der Waals surface area contributed by atoms with Gasteiger partial charge in [0.2, 0.25) is 5.91 Å². The lowest BCUT2D eigenvalue weighted by molar-refractivity contribution is -0.135. The van der Waals surface area contributed by atoms with Crippen LogP contribution in [-0.4, -0.2) is 35.8 Å². The van der Waals surface area contributed by atoms with Gasteiger partial charge < -0.3 is 10.6 Å². The van der Waals surface area contributed by atoms with Crippen LogP contribution >= 0.6 is 23.2 Å². The number of carbonyl (C=O) groups is 3. The van der Waals surface area contributed by atoms with Crippen molar-refractivity contribution < 1.29 is 14.4 Å². The van der Waals surface area contributed by atoms with E-state index in [1.807, 2.05) is 25.1 Å². The maximum Gasteiger partial charge on any atom is 0.325 e. The summed E-state index contributed by atoms with van der Waals surface area (Å²) in [4.78, 5) is 38.7. The maximum absolute atomic E-state index is 13.0.